The second-order valence-electron chi connectivity index (χ2n) is 5.06. The third-order valence-corrected chi connectivity index (χ3v) is 4.40. The fourth-order valence-electron chi connectivity index (χ4n) is 1.97. The molecule has 0 fully saturated rings. The van der Waals surface area contributed by atoms with Crippen LogP contribution in [-0.4, -0.2) is 18.2 Å². The molecular weight excluding hydrogens is 422 g/mol. The maximum atomic E-state index is 11.9. The number of hydrogen-bond acceptors (Lipinski definition) is 3. The van der Waals surface area contributed by atoms with Crippen LogP contribution in [0.3, 0.4) is 0 Å². The fraction of sp³-hybridized carbons (Fsp3) is 0.176. The minimum atomic E-state index is -0.209. The zero-order valence-electron chi connectivity index (χ0n) is 12.9. The second-order valence-corrected chi connectivity index (χ2v) is 6.76. The third-order valence-electron chi connectivity index (χ3n) is 3.15. The van der Waals surface area contributed by atoms with Crippen LogP contribution in [0.2, 0.25) is 0 Å². The lowest BCUT2D eigenvalue weighted by Crippen LogP contribution is -2.27. The first-order valence-corrected chi connectivity index (χ1v) is 8.64. The Labute approximate surface area is 152 Å². The first kappa shape index (κ1) is 17.7. The van der Waals surface area contributed by atoms with E-state index in [1.165, 1.54) is 0 Å². The van der Waals surface area contributed by atoms with E-state index in [1.807, 2.05) is 56.3 Å². The van der Waals surface area contributed by atoms with E-state index in [4.69, 9.17) is 0 Å². The highest BCUT2D eigenvalue weighted by Gasteiger charge is 2.08. The number of carbonyl (C=O) groups excluding carboxylic acids is 1. The first-order chi connectivity index (χ1) is 11.0. The van der Waals surface area contributed by atoms with Crippen molar-refractivity contribution in [2.75, 3.05) is 11.9 Å². The van der Waals surface area contributed by atoms with Gasteiger partial charge in [-0.05, 0) is 69.0 Å². The maximum absolute atomic E-state index is 11.9. The van der Waals surface area contributed by atoms with E-state index in [-0.39, 0.29) is 12.5 Å². The molecule has 1 amide bonds. The number of nitrogens with zero attached hydrogens (tertiary/aromatic N) is 1. The van der Waals surface area contributed by atoms with Crippen LogP contribution in [0.25, 0.3) is 0 Å². The number of amides is 1. The van der Waals surface area contributed by atoms with Crippen LogP contribution in [0.5, 0.6) is 0 Å². The summed E-state index contributed by atoms with van der Waals surface area (Å²) in [5, 5.41) is 7.22. The van der Waals surface area contributed by atoms with Gasteiger partial charge in [0, 0.05) is 8.95 Å². The smallest absolute Gasteiger partial charge is 0.259 e. The maximum Gasteiger partial charge on any atom is 0.259 e. The highest BCUT2D eigenvalue weighted by molar-refractivity contribution is 9.11. The lowest BCUT2D eigenvalue weighted by molar-refractivity contribution is -0.119. The first-order valence-electron chi connectivity index (χ1n) is 7.05. The quantitative estimate of drug-likeness (QED) is 0.534. The van der Waals surface area contributed by atoms with E-state index in [2.05, 4.69) is 47.7 Å². The Balaban J connectivity index is 1.94. The van der Waals surface area contributed by atoms with Crippen molar-refractivity contribution in [1.29, 1.82) is 0 Å². The Hall–Kier alpha value is -1.66. The molecule has 2 rings (SSSR count). The summed E-state index contributed by atoms with van der Waals surface area (Å²) in [7, 11) is 0. The predicted octanol–water partition coefficient (Wildman–Crippen LogP) is 4.47. The van der Waals surface area contributed by atoms with Gasteiger partial charge in [0.15, 0.2) is 0 Å². The number of rotatable bonds is 5. The highest BCUT2D eigenvalue weighted by atomic mass is 79.9. The van der Waals surface area contributed by atoms with Crippen molar-refractivity contribution in [1.82, 2.24) is 5.43 Å². The van der Waals surface area contributed by atoms with Gasteiger partial charge in [0.05, 0.1) is 17.9 Å². The number of nitrogens with one attached hydrogen (secondary N) is 2. The van der Waals surface area contributed by atoms with E-state index in [0.29, 0.717) is 0 Å². The molecule has 0 saturated heterocycles. The fourth-order valence-corrected chi connectivity index (χ4v) is 3.66. The Morgan fingerprint density at radius 3 is 2.35 bits per heavy atom. The summed E-state index contributed by atoms with van der Waals surface area (Å²) in [6.45, 7) is 4.00. The molecule has 23 heavy (non-hydrogen) atoms. The van der Waals surface area contributed by atoms with Crippen molar-refractivity contribution >= 4 is 49.2 Å². The molecule has 120 valence electrons. The number of hydrazone groups is 1. The summed E-state index contributed by atoms with van der Waals surface area (Å²) in [4.78, 5) is 11.9. The number of anilines is 1. The molecule has 0 bridgehead atoms. The highest BCUT2D eigenvalue weighted by Crippen LogP contribution is 2.31. The largest absolute Gasteiger partial charge is 0.374 e. The molecule has 0 aromatic heterocycles. The molecular formula is C17H17Br2N3O. The summed E-state index contributed by atoms with van der Waals surface area (Å²) in [5.41, 5.74) is 6.26. The molecule has 0 radical (unpaired) electrons. The van der Waals surface area contributed by atoms with Crippen LogP contribution in [0.15, 0.2) is 56.5 Å². The van der Waals surface area contributed by atoms with Crippen LogP contribution < -0.4 is 10.7 Å². The van der Waals surface area contributed by atoms with Gasteiger partial charge in [-0.2, -0.15) is 5.10 Å². The average molecular weight is 439 g/mol. The van der Waals surface area contributed by atoms with Crippen LogP contribution in [0.1, 0.15) is 18.1 Å². The summed E-state index contributed by atoms with van der Waals surface area (Å²) in [6.07, 6.45) is 0. The van der Waals surface area contributed by atoms with Crippen LogP contribution in [-0.2, 0) is 4.79 Å². The van der Waals surface area contributed by atoms with Gasteiger partial charge < -0.3 is 5.32 Å². The molecule has 2 aromatic carbocycles. The van der Waals surface area contributed by atoms with Gasteiger partial charge in [-0.1, -0.05) is 30.3 Å². The number of hydrogen-bond donors (Lipinski definition) is 2. The van der Waals surface area contributed by atoms with Gasteiger partial charge in [0.25, 0.3) is 5.91 Å². The van der Waals surface area contributed by atoms with Crippen LogP contribution in [0.4, 0.5) is 5.69 Å². The minimum Gasteiger partial charge on any atom is -0.374 e. The van der Waals surface area contributed by atoms with E-state index in [9.17, 15) is 4.79 Å². The topological polar surface area (TPSA) is 53.5 Å². The van der Waals surface area contributed by atoms with Crippen molar-refractivity contribution in [2.24, 2.45) is 5.10 Å². The normalized spacial score (nSPS) is 11.2. The van der Waals surface area contributed by atoms with Crippen molar-refractivity contribution < 1.29 is 4.79 Å². The van der Waals surface area contributed by atoms with Crippen LogP contribution in [0, 0.1) is 6.92 Å². The Bertz CT molecular complexity index is 707. The second kappa shape index (κ2) is 8.26. The minimum absolute atomic E-state index is 0.131. The van der Waals surface area contributed by atoms with Crippen molar-refractivity contribution in [3.63, 3.8) is 0 Å². The molecule has 0 heterocycles. The number of carbonyl (C=O) groups is 1. The lowest BCUT2D eigenvalue weighted by atomic mass is 10.1. The van der Waals surface area contributed by atoms with Gasteiger partial charge in [0.2, 0.25) is 0 Å². The van der Waals surface area contributed by atoms with Gasteiger partial charge in [0.1, 0.15) is 0 Å². The Kier molecular flexibility index (Phi) is 6.36. The molecule has 0 aliphatic rings. The van der Waals surface area contributed by atoms with E-state index < -0.39 is 0 Å². The molecule has 0 spiro atoms. The molecule has 0 aliphatic heterocycles. The van der Waals surface area contributed by atoms with Gasteiger partial charge >= 0.3 is 0 Å². The van der Waals surface area contributed by atoms with E-state index in [1.54, 1.807) is 0 Å². The SMILES string of the molecule is CC(=NNC(=O)CNc1c(Br)cc(C)cc1Br)c1ccccc1. The van der Waals surface area contributed by atoms with Crippen LogP contribution >= 0.6 is 31.9 Å². The molecule has 2 N–H and O–H groups in total. The van der Waals surface area contributed by atoms with E-state index in [0.717, 1.165) is 31.5 Å². The summed E-state index contributed by atoms with van der Waals surface area (Å²) in [5.74, 6) is -0.209. The standard InChI is InChI=1S/C17H17Br2N3O/c1-11-8-14(18)17(15(19)9-11)20-10-16(23)22-21-12(2)13-6-4-3-5-7-13/h3-9,20H,10H2,1-2H3,(H,22,23). The van der Waals surface area contributed by atoms with Crippen molar-refractivity contribution in [2.45, 2.75) is 13.8 Å². The number of benzene rings is 2. The monoisotopic (exact) mass is 437 g/mol. The summed E-state index contributed by atoms with van der Waals surface area (Å²) < 4.78 is 1.81. The Morgan fingerprint density at radius 1 is 1.13 bits per heavy atom. The number of aryl methyl sites for hydroxylation is 1. The zero-order valence-corrected chi connectivity index (χ0v) is 16.0. The molecule has 6 heteroatoms. The van der Waals surface area contributed by atoms with Gasteiger partial charge in [-0.3, -0.25) is 4.79 Å². The molecule has 0 aliphatic carbocycles. The zero-order chi connectivity index (χ0) is 16.8. The molecule has 4 nitrogen and oxygen atoms in total. The van der Waals surface area contributed by atoms with Crippen molar-refractivity contribution in [3.8, 4) is 0 Å². The van der Waals surface area contributed by atoms with Crippen molar-refractivity contribution in [3.05, 3.63) is 62.5 Å². The van der Waals surface area contributed by atoms with E-state index >= 15 is 0 Å². The molecule has 2 aromatic rings. The average Bonchev–Trinajstić information content (AvgIpc) is 2.52. The lowest BCUT2D eigenvalue weighted by Gasteiger charge is -2.11. The van der Waals surface area contributed by atoms with Gasteiger partial charge in [-0.15, -0.1) is 0 Å². The predicted molar refractivity (Wildman–Crippen MR) is 102 cm³/mol. The summed E-state index contributed by atoms with van der Waals surface area (Å²) >= 11 is 6.98. The summed E-state index contributed by atoms with van der Waals surface area (Å²) in [6, 6.07) is 13.7. The number of halogens is 2. The Morgan fingerprint density at radius 2 is 1.74 bits per heavy atom. The molecule has 0 unspecified atom stereocenters. The molecule has 0 saturated carbocycles. The third kappa shape index (κ3) is 5.18. The molecule has 0 atom stereocenters. The van der Waals surface area contributed by atoms with Gasteiger partial charge in [-0.25, -0.2) is 5.43 Å².